The van der Waals surface area contributed by atoms with Gasteiger partial charge >= 0.3 is 0 Å². The predicted molar refractivity (Wildman–Crippen MR) is 95.1 cm³/mol. The van der Waals surface area contributed by atoms with Crippen molar-refractivity contribution in [3.05, 3.63) is 48.0 Å². The van der Waals surface area contributed by atoms with Gasteiger partial charge in [0.2, 0.25) is 5.91 Å². The van der Waals surface area contributed by atoms with Gasteiger partial charge < -0.3 is 10.2 Å². The summed E-state index contributed by atoms with van der Waals surface area (Å²) >= 11 is 0. The van der Waals surface area contributed by atoms with Gasteiger partial charge in [0.25, 0.3) is 0 Å². The summed E-state index contributed by atoms with van der Waals surface area (Å²) in [5.41, 5.74) is 2.05. The van der Waals surface area contributed by atoms with Crippen LogP contribution in [0.5, 0.6) is 0 Å². The molecular formula is C15H23Cl2N5O. The van der Waals surface area contributed by atoms with Crippen LogP contribution in [0.1, 0.15) is 17.2 Å². The molecular weight excluding hydrogens is 337 g/mol. The first-order valence-corrected chi connectivity index (χ1v) is 6.91. The van der Waals surface area contributed by atoms with Crippen molar-refractivity contribution in [1.29, 1.82) is 0 Å². The molecule has 2 aromatic rings. The molecule has 23 heavy (non-hydrogen) atoms. The van der Waals surface area contributed by atoms with Crippen molar-refractivity contribution >= 4 is 30.7 Å². The SMILES string of the molecule is CNC(C(=O)N(C)CCc1ccncc1)c1cnn(C)c1.Cl.Cl. The molecule has 1 unspecified atom stereocenters. The maximum Gasteiger partial charge on any atom is 0.244 e. The van der Waals surface area contributed by atoms with E-state index in [0.29, 0.717) is 6.54 Å². The van der Waals surface area contributed by atoms with Crippen LogP contribution < -0.4 is 5.32 Å². The molecule has 1 amide bonds. The summed E-state index contributed by atoms with van der Waals surface area (Å²) in [5, 5.41) is 7.18. The van der Waals surface area contributed by atoms with Gasteiger partial charge in [-0.1, -0.05) is 0 Å². The van der Waals surface area contributed by atoms with Crippen LogP contribution in [0.25, 0.3) is 0 Å². The van der Waals surface area contributed by atoms with Gasteiger partial charge in [-0.25, -0.2) is 0 Å². The molecule has 6 nitrogen and oxygen atoms in total. The minimum Gasteiger partial charge on any atom is -0.344 e. The lowest BCUT2D eigenvalue weighted by Crippen LogP contribution is -2.38. The van der Waals surface area contributed by atoms with E-state index in [4.69, 9.17) is 0 Å². The maximum absolute atomic E-state index is 12.5. The Hall–Kier alpha value is -1.63. The fraction of sp³-hybridized carbons (Fsp3) is 0.400. The molecule has 128 valence electrons. The average Bonchev–Trinajstić information content (AvgIpc) is 2.92. The Morgan fingerprint density at radius 2 is 2.00 bits per heavy atom. The molecule has 2 aromatic heterocycles. The molecule has 0 aliphatic rings. The summed E-state index contributed by atoms with van der Waals surface area (Å²) in [7, 11) is 5.45. The van der Waals surface area contributed by atoms with Crippen molar-refractivity contribution in [1.82, 2.24) is 25.0 Å². The summed E-state index contributed by atoms with van der Waals surface area (Å²) in [4.78, 5) is 18.3. The molecule has 0 aliphatic carbocycles. The Kier molecular flexibility index (Phi) is 9.48. The second-order valence-electron chi connectivity index (χ2n) is 5.03. The zero-order valence-corrected chi connectivity index (χ0v) is 15.1. The number of nitrogens with one attached hydrogen (secondary N) is 1. The van der Waals surface area contributed by atoms with E-state index in [0.717, 1.165) is 12.0 Å². The number of hydrogen-bond donors (Lipinski definition) is 1. The van der Waals surface area contributed by atoms with Gasteiger partial charge in [0, 0.05) is 44.8 Å². The van der Waals surface area contributed by atoms with Gasteiger partial charge in [-0.3, -0.25) is 14.5 Å². The number of carbonyl (C=O) groups is 1. The zero-order chi connectivity index (χ0) is 15.2. The molecule has 0 radical (unpaired) electrons. The highest BCUT2D eigenvalue weighted by molar-refractivity contribution is 5.85. The van der Waals surface area contributed by atoms with E-state index >= 15 is 0 Å². The van der Waals surface area contributed by atoms with Crippen LogP contribution in [0.3, 0.4) is 0 Å². The van der Waals surface area contributed by atoms with Crippen LogP contribution in [-0.2, 0) is 18.3 Å². The smallest absolute Gasteiger partial charge is 0.244 e. The topological polar surface area (TPSA) is 63.1 Å². The number of pyridine rings is 1. The number of hydrogen-bond acceptors (Lipinski definition) is 4. The van der Waals surface area contributed by atoms with Crippen molar-refractivity contribution in [3.8, 4) is 0 Å². The second kappa shape index (κ2) is 10.2. The maximum atomic E-state index is 12.5. The number of amides is 1. The van der Waals surface area contributed by atoms with Gasteiger partial charge in [0.1, 0.15) is 6.04 Å². The summed E-state index contributed by atoms with van der Waals surface area (Å²) in [6.07, 6.45) is 7.92. The summed E-state index contributed by atoms with van der Waals surface area (Å²) < 4.78 is 1.70. The van der Waals surface area contributed by atoms with Crippen molar-refractivity contribution in [2.24, 2.45) is 7.05 Å². The lowest BCUT2D eigenvalue weighted by molar-refractivity contribution is -0.132. The lowest BCUT2D eigenvalue weighted by atomic mass is 10.1. The number of halogens is 2. The molecule has 0 saturated heterocycles. The van der Waals surface area contributed by atoms with Gasteiger partial charge in [0.15, 0.2) is 0 Å². The summed E-state index contributed by atoms with van der Waals surface area (Å²) in [6, 6.07) is 3.57. The van der Waals surface area contributed by atoms with E-state index in [2.05, 4.69) is 15.4 Å². The molecule has 1 atom stereocenters. The average molecular weight is 360 g/mol. The van der Waals surface area contributed by atoms with Crippen molar-refractivity contribution in [3.63, 3.8) is 0 Å². The first-order valence-electron chi connectivity index (χ1n) is 6.91. The van der Waals surface area contributed by atoms with Crippen LogP contribution in [-0.4, -0.2) is 46.2 Å². The van der Waals surface area contributed by atoms with Crippen LogP contribution in [0.4, 0.5) is 0 Å². The molecule has 0 bridgehead atoms. The largest absolute Gasteiger partial charge is 0.344 e. The number of aromatic nitrogens is 3. The quantitative estimate of drug-likeness (QED) is 0.851. The Balaban J connectivity index is 0.00000242. The van der Waals surface area contributed by atoms with Crippen LogP contribution in [0, 0.1) is 0 Å². The lowest BCUT2D eigenvalue weighted by Gasteiger charge is -2.23. The third-order valence-electron chi connectivity index (χ3n) is 3.46. The molecule has 2 heterocycles. The number of nitrogens with zero attached hydrogens (tertiary/aromatic N) is 4. The molecule has 0 saturated carbocycles. The fourth-order valence-corrected chi connectivity index (χ4v) is 2.20. The van der Waals surface area contributed by atoms with Crippen molar-refractivity contribution in [2.75, 3.05) is 20.6 Å². The van der Waals surface area contributed by atoms with E-state index in [1.807, 2.05) is 32.4 Å². The normalized spacial score (nSPS) is 11.1. The Morgan fingerprint density at radius 3 is 2.52 bits per heavy atom. The van der Waals surface area contributed by atoms with E-state index in [1.165, 1.54) is 5.56 Å². The van der Waals surface area contributed by atoms with Gasteiger partial charge in [-0.15, -0.1) is 24.8 Å². The fourth-order valence-electron chi connectivity index (χ4n) is 2.20. The van der Waals surface area contributed by atoms with Crippen LogP contribution >= 0.6 is 24.8 Å². The van der Waals surface area contributed by atoms with E-state index in [1.54, 1.807) is 35.2 Å². The number of aryl methyl sites for hydroxylation is 1. The van der Waals surface area contributed by atoms with Gasteiger partial charge in [-0.05, 0) is 31.2 Å². The number of likely N-dealkylation sites (N-methyl/N-ethyl adjacent to an activating group) is 2. The molecule has 2 rings (SSSR count). The van der Waals surface area contributed by atoms with Crippen LogP contribution in [0.2, 0.25) is 0 Å². The summed E-state index contributed by atoms with van der Waals surface area (Å²) in [5.74, 6) is 0.0413. The second-order valence-corrected chi connectivity index (χ2v) is 5.03. The Labute approximate surface area is 149 Å². The van der Waals surface area contributed by atoms with E-state index < -0.39 is 0 Å². The van der Waals surface area contributed by atoms with E-state index in [-0.39, 0.29) is 36.8 Å². The van der Waals surface area contributed by atoms with Crippen molar-refractivity contribution < 1.29 is 4.79 Å². The van der Waals surface area contributed by atoms with Gasteiger partial charge in [0.05, 0.1) is 6.20 Å². The van der Waals surface area contributed by atoms with Crippen LogP contribution in [0.15, 0.2) is 36.9 Å². The Bertz CT molecular complexity index is 591. The molecule has 1 N–H and O–H groups in total. The molecule has 0 fully saturated rings. The highest BCUT2D eigenvalue weighted by Crippen LogP contribution is 2.14. The molecule has 8 heteroatoms. The number of rotatable bonds is 6. The Morgan fingerprint density at radius 1 is 1.35 bits per heavy atom. The minimum absolute atomic E-state index is 0. The van der Waals surface area contributed by atoms with Gasteiger partial charge in [-0.2, -0.15) is 5.10 Å². The first-order chi connectivity index (χ1) is 10.1. The number of carbonyl (C=O) groups excluding carboxylic acids is 1. The molecule has 0 spiro atoms. The zero-order valence-electron chi connectivity index (χ0n) is 13.5. The van der Waals surface area contributed by atoms with E-state index in [9.17, 15) is 4.79 Å². The highest BCUT2D eigenvalue weighted by atomic mass is 35.5. The highest BCUT2D eigenvalue weighted by Gasteiger charge is 2.23. The first kappa shape index (κ1) is 21.4. The minimum atomic E-state index is -0.360. The predicted octanol–water partition coefficient (Wildman–Crippen LogP) is 1.62. The summed E-state index contributed by atoms with van der Waals surface area (Å²) in [6.45, 7) is 0.668. The monoisotopic (exact) mass is 359 g/mol. The molecule has 0 aliphatic heterocycles. The van der Waals surface area contributed by atoms with Crippen molar-refractivity contribution in [2.45, 2.75) is 12.5 Å². The standard InChI is InChI=1S/C15H21N5O.2ClH/c1-16-14(13-10-18-20(3)11-13)15(21)19(2)9-6-12-4-7-17-8-5-12;;/h4-5,7-8,10-11,14,16H,6,9H2,1-3H3;2*1H. The third-order valence-corrected chi connectivity index (χ3v) is 3.46. The molecule has 0 aromatic carbocycles. The third kappa shape index (κ3) is 5.82.